The van der Waals surface area contributed by atoms with Gasteiger partial charge in [-0.2, -0.15) is 0 Å². The largest absolute Gasteiger partial charge is 0.447 e. The number of carbonyl (C=O) groups is 1. The molecule has 1 amide bonds. The normalized spacial score (nSPS) is 19.0. The van der Waals surface area contributed by atoms with Gasteiger partial charge in [-0.05, 0) is 0 Å². The molecule has 0 bridgehead atoms. The standard InChI is InChI=1S/C7H13N2O3/c8-7(10)12-6-3-9-1-4-11-5-2-9/h8H,1-6H2. The molecule has 0 spiro atoms. The molecule has 0 aliphatic carbocycles. The number of carbonyl (C=O) groups excluding carboxylic acids is 1. The molecular weight excluding hydrogens is 160 g/mol. The number of nitrogens with zero attached hydrogens (tertiary/aromatic N) is 1. The molecule has 69 valence electrons. The third-order valence-electron chi connectivity index (χ3n) is 1.74. The molecule has 0 unspecified atom stereocenters. The third kappa shape index (κ3) is 3.54. The second-order valence-corrected chi connectivity index (χ2v) is 2.59. The molecule has 0 aromatic rings. The molecule has 1 N–H and O–H groups in total. The molecule has 5 nitrogen and oxygen atoms in total. The molecule has 0 atom stereocenters. The number of amides is 1. The molecule has 1 radical (unpaired) electrons. The van der Waals surface area contributed by atoms with Crippen LogP contribution in [0.5, 0.6) is 0 Å². The number of ether oxygens (including phenoxy) is 2. The van der Waals surface area contributed by atoms with E-state index in [-0.39, 0.29) is 0 Å². The molecule has 0 saturated carbocycles. The van der Waals surface area contributed by atoms with Crippen LogP contribution in [0.1, 0.15) is 0 Å². The maximum atomic E-state index is 10.1. The van der Waals surface area contributed by atoms with Crippen LogP contribution in [0, 0.1) is 0 Å². The molecule has 1 fully saturated rings. The van der Waals surface area contributed by atoms with Gasteiger partial charge in [-0.1, -0.05) is 0 Å². The second kappa shape index (κ2) is 4.95. The topological polar surface area (TPSA) is 62.6 Å². The van der Waals surface area contributed by atoms with Gasteiger partial charge in [0, 0.05) is 19.6 Å². The van der Waals surface area contributed by atoms with E-state index in [4.69, 9.17) is 10.5 Å². The van der Waals surface area contributed by atoms with E-state index in [1.165, 1.54) is 0 Å². The average molecular weight is 173 g/mol. The first-order valence-electron chi connectivity index (χ1n) is 3.97. The van der Waals surface area contributed by atoms with Gasteiger partial charge >= 0.3 is 6.09 Å². The second-order valence-electron chi connectivity index (χ2n) is 2.59. The smallest absolute Gasteiger partial charge is 0.426 e. The molecule has 1 saturated heterocycles. The Morgan fingerprint density at radius 1 is 1.50 bits per heavy atom. The summed E-state index contributed by atoms with van der Waals surface area (Å²) in [6.45, 7) is 4.27. The Morgan fingerprint density at radius 3 is 2.75 bits per heavy atom. The van der Waals surface area contributed by atoms with Gasteiger partial charge in [0.25, 0.3) is 0 Å². The SMILES string of the molecule is [NH]C(=O)OCCN1CCOCC1. The van der Waals surface area contributed by atoms with Gasteiger partial charge in [-0.25, -0.2) is 10.5 Å². The fraction of sp³-hybridized carbons (Fsp3) is 0.857. The van der Waals surface area contributed by atoms with Crippen molar-refractivity contribution in [2.45, 2.75) is 0 Å². The lowest BCUT2D eigenvalue weighted by molar-refractivity contribution is 0.0286. The summed E-state index contributed by atoms with van der Waals surface area (Å²) in [5.41, 5.74) is 6.49. The van der Waals surface area contributed by atoms with Crippen LogP contribution in [0.4, 0.5) is 4.79 Å². The van der Waals surface area contributed by atoms with Crippen LogP contribution in [0.2, 0.25) is 0 Å². The van der Waals surface area contributed by atoms with Crippen LogP contribution < -0.4 is 5.73 Å². The van der Waals surface area contributed by atoms with Crippen LogP contribution >= 0.6 is 0 Å². The molecule has 1 aliphatic heterocycles. The van der Waals surface area contributed by atoms with Crippen molar-refractivity contribution in [2.75, 3.05) is 39.5 Å². The lowest BCUT2D eigenvalue weighted by atomic mass is 10.4. The maximum absolute atomic E-state index is 10.1. The number of morpholine rings is 1. The van der Waals surface area contributed by atoms with Crippen molar-refractivity contribution in [1.29, 1.82) is 0 Å². The van der Waals surface area contributed by atoms with Crippen LogP contribution in [0.25, 0.3) is 0 Å². The van der Waals surface area contributed by atoms with Crippen LogP contribution in [-0.4, -0.2) is 50.4 Å². The van der Waals surface area contributed by atoms with Crippen LogP contribution in [0.3, 0.4) is 0 Å². The first-order chi connectivity index (χ1) is 5.79. The van der Waals surface area contributed by atoms with E-state index < -0.39 is 6.09 Å². The van der Waals surface area contributed by atoms with Gasteiger partial charge in [0.1, 0.15) is 6.61 Å². The lowest BCUT2D eigenvalue weighted by Crippen LogP contribution is -2.38. The molecule has 12 heavy (non-hydrogen) atoms. The minimum atomic E-state index is -0.955. The summed E-state index contributed by atoms with van der Waals surface area (Å²) in [5, 5.41) is 0. The zero-order chi connectivity index (χ0) is 8.81. The highest BCUT2D eigenvalue weighted by molar-refractivity contribution is 5.63. The molecule has 1 rings (SSSR count). The fourth-order valence-electron chi connectivity index (χ4n) is 1.09. The van der Waals surface area contributed by atoms with E-state index in [1.54, 1.807) is 0 Å². The zero-order valence-corrected chi connectivity index (χ0v) is 6.91. The summed E-state index contributed by atoms with van der Waals surface area (Å²) < 4.78 is 9.63. The number of rotatable bonds is 3. The monoisotopic (exact) mass is 173 g/mol. The Kier molecular flexibility index (Phi) is 3.83. The zero-order valence-electron chi connectivity index (χ0n) is 6.91. The Labute approximate surface area is 71.4 Å². The minimum Gasteiger partial charge on any atom is -0.447 e. The van der Waals surface area contributed by atoms with E-state index in [1.807, 2.05) is 0 Å². The fourth-order valence-corrected chi connectivity index (χ4v) is 1.09. The first kappa shape index (κ1) is 9.28. The van der Waals surface area contributed by atoms with Crippen molar-refractivity contribution in [3.8, 4) is 0 Å². The Hall–Kier alpha value is -0.810. The predicted molar refractivity (Wildman–Crippen MR) is 41.7 cm³/mol. The highest BCUT2D eigenvalue weighted by Crippen LogP contribution is 1.95. The lowest BCUT2D eigenvalue weighted by Gasteiger charge is -2.25. The summed E-state index contributed by atoms with van der Waals surface area (Å²) in [6, 6.07) is 0. The van der Waals surface area contributed by atoms with Crippen LogP contribution in [-0.2, 0) is 9.47 Å². The van der Waals surface area contributed by atoms with Crippen molar-refractivity contribution < 1.29 is 14.3 Å². The molecular formula is C7H13N2O3. The Balaban J connectivity index is 2.01. The number of nitrogens with one attached hydrogen (secondary N) is 1. The average Bonchev–Trinajstić information content (AvgIpc) is 2.05. The van der Waals surface area contributed by atoms with Crippen molar-refractivity contribution in [1.82, 2.24) is 10.6 Å². The third-order valence-corrected chi connectivity index (χ3v) is 1.74. The van der Waals surface area contributed by atoms with Gasteiger partial charge in [-0.15, -0.1) is 0 Å². The summed E-state index contributed by atoms with van der Waals surface area (Å²) >= 11 is 0. The summed E-state index contributed by atoms with van der Waals surface area (Å²) in [4.78, 5) is 12.2. The Bertz CT molecular complexity index is 146. The van der Waals surface area contributed by atoms with Crippen molar-refractivity contribution in [2.24, 2.45) is 0 Å². The Morgan fingerprint density at radius 2 is 2.17 bits per heavy atom. The molecule has 5 heteroatoms. The summed E-state index contributed by atoms with van der Waals surface area (Å²) in [6.07, 6.45) is -0.955. The highest BCUT2D eigenvalue weighted by Gasteiger charge is 2.09. The molecule has 1 heterocycles. The molecule has 1 aliphatic rings. The van der Waals surface area contributed by atoms with Crippen molar-refractivity contribution in [3.05, 3.63) is 0 Å². The quantitative estimate of drug-likeness (QED) is 0.589. The van der Waals surface area contributed by atoms with Gasteiger partial charge in [0.15, 0.2) is 0 Å². The first-order valence-corrected chi connectivity index (χ1v) is 3.97. The maximum Gasteiger partial charge on any atom is 0.426 e. The van der Waals surface area contributed by atoms with Gasteiger partial charge < -0.3 is 9.47 Å². The predicted octanol–water partition coefficient (Wildman–Crippen LogP) is -0.262. The van der Waals surface area contributed by atoms with E-state index >= 15 is 0 Å². The molecule has 0 aromatic carbocycles. The molecule has 0 aromatic heterocycles. The van der Waals surface area contributed by atoms with E-state index in [0.29, 0.717) is 13.2 Å². The van der Waals surface area contributed by atoms with Gasteiger partial charge in [-0.3, -0.25) is 4.90 Å². The number of hydrogen-bond acceptors (Lipinski definition) is 4. The van der Waals surface area contributed by atoms with Gasteiger partial charge in [0.05, 0.1) is 13.2 Å². The van der Waals surface area contributed by atoms with Crippen molar-refractivity contribution >= 4 is 6.09 Å². The summed E-state index contributed by atoms with van der Waals surface area (Å²) in [5.74, 6) is 0. The highest BCUT2D eigenvalue weighted by atomic mass is 16.5. The van der Waals surface area contributed by atoms with Crippen LogP contribution in [0.15, 0.2) is 0 Å². The van der Waals surface area contributed by atoms with E-state index in [9.17, 15) is 4.79 Å². The van der Waals surface area contributed by atoms with Gasteiger partial charge in [0.2, 0.25) is 0 Å². The summed E-state index contributed by atoms with van der Waals surface area (Å²) in [7, 11) is 0. The minimum absolute atomic E-state index is 0.308. The number of hydrogen-bond donors (Lipinski definition) is 0. The van der Waals surface area contributed by atoms with Crippen molar-refractivity contribution in [3.63, 3.8) is 0 Å². The van der Waals surface area contributed by atoms with E-state index in [0.717, 1.165) is 26.3 Å². The van der Waals surface area contributed by atoms with E-state index in [2.05, 4.69) is 9.64 Å².